The Balaban J connectivity index is 0.00000729. The predicted octanol–water partition coefficient (Wildman–Crippen LogP) is 7.19. The van der Waals surface area contributed by atoms with Gasteiger partial charge in [-0.05, 0) is 30.5 Å². The second-order valence-corrected chi connectivity index (χ2v) is 7.70. The first-order valence-corrected chi connectivity index (χ1v) is 11.3. The van der Waals surface area contributed by atoms with E-state index in [1.807, 2.05) is 18.2 Å². The predicted molar refractivity (Wildman–Crippen MR) is 126 cm³/mol. The van der Waals surface area contributed by atoms with Crippen LogP contribution >= 0.6 is 0 Å². The van der Waals surface area contributed by atoms with Crippen LogP contribution in [-0.4, -0.2) is 35.5 Å². The fraction of sp³-hybridized carbons (Fsp3) is 0.640. The Morgan fingerprint density at radius 2 is 1.29 bits per heavy atom. The van der Waals surface area contributed by atoms with E-state index in [4.69, 9.17) is 0 Å². The molecule has 0 saturated carbocycles. The number of carbonyl (C=O) groups excluding carboxylic acids is 1. The number of amides is 1. The molecule has 0 atom stereocenters. The zero-order chi connectivity index (χ0) is 19.6. The van der Waals surface area contributed by atoms with Crippen molar-refractivity contribution in [3.8, 4) is 0 Å². The van der Waals surface area contributed by atoms with E-state index < -0.39 is 0 Å². The summed E-state index contributed by atoms with van der Waals surface area (Å²) in [4.78, 5) is 11.5. The van der Waals surface area contributed by atoms with E-state index in [1.165, 1.54) is 102 Å². The van der Waals surface area contributed by atoms with Gasteiger partial charge in [-0.2, -0.15) is 0 Å². The van der Waals surface area contributed by atoms with E-state index in [-0.39, 0.29) is 35.5 Å². The maximum absolute atomic E-state index is 11.5. The number of benzene rings is 1. The molecule has 0 aliphatic rings. The second kappa shape index (κ2) is 19.7. The Hall–Kier alpha value is -0.570. The number of rotatable bonds is 17. The van der Waals surface area contributed by atoms with Crippen LogP contribution in [0.25, 0.3) is 0 Å². The summed E-state index contributed by atoms with van der Waals surface area (Å²) >= 11 is 0. The molecule has 1 aromatic carbocycles. The van der Waals surface area contributed by atoms with Crippen LogP contribution in [0.3, 0.4) is 0 Å². The summed E-state index contributed by atoms with van der Waals surface area (Å²) in [5, 5.41) is 2.90. The van der Waals surface area contributed by atoms with Crippen molar-refractivity contribution in [3.63, 3.8) is 0 Å². The summed E-state index contributed by atoms with van der Waals surface area (Å²) in [7, 11) is 0. The van der Waals surface area contributed by atoms with Gasteiger partial charge in [0.1, 0.15) is 0 Å². The zero-order valence-corrected chi connectivity index (χ0v) is 17.6. The van der Waals surface area contributed by atoms with Crippen LogP contribution in [0.4, 0.5) is 5.69 Å². The van der Waals surface area contributed by atoms with Gasteiger partial charge in [0.15, 0.2) is 0 Å². The van der Waals surface area contributed by atoms with E-state index >= 15 is 0 Å². The minimum atomic E-state index is -0.136. The van der Waals surface area contributed by atoms with Crippen molar-refractivity contribution in [2.75, 3.05) is 5.32 Å². The van der Waals surface area contributed by atoms with Crippen molar-refractivity contribution in [3.05, 3.63) is 42.5 Å². The summed E-state index contributed by atoms with van der Waals surface area (Å²) in [6.45, 7) is 5.80. The second-order valence-electron chi connectivity index (χ2n) is 7.70. The quantitative estimate of drug-likeness (QED) is 0.169. The summed E-state index contributed by atoms with van der Waals surface area (Å²) < 4.78 is 0. The molecule has 1 amide bonds. The van der Waals surface area contributed by atoms with Gasteiger partial charge in [0, 0.05) is 5.69 Å². The molecule has 28 heavy (non-hydrogen) atoms. The molecule has 154 valence electrons. The van der Waals surface area contributed by atoms with Gasteiger partial charge in [-0.1, -0.05) is 115 Å². The van der Waals surface area contributed by atoms with Crippen LogP contribution in [0.1, 0.15) is 102 Å². The van der Waals surface area contributed by atoms with Gasteiger partial charge in [-0.3, -0.25) is 4.79 Å². The molecule has 0 unspecified atom stereocenters. The normalized spacial score (nSPS) is 10.3. The van der Waals surface area contributed by atoms with Crippen LogP contribution in [0, 0.1) is 0 Å². The number of para-hydroxylation sites is 1. The molecule has 1 rings (SSSR count). The van der Waals surface area contributed by atoms with Crippen molar-refractivity contribution in [1.82, 2.24) is 0 Å². The third kappa shape index (κ3) is 14.4. The van der Waals surface area contributed by atoms with Gasteiger partial charge >= 0.3 is 29.6 Å². The standard InChI is InChI=1S/C25H41NO.Na.H/c1-3-5-6-7-8-9-10-11-12-13-14-15-16-17-20-23-21-18-19-22-24(23)26-25(27)4-2;;/h4,18-19,21-22H,2-3,5-17,20H2,1H3,(H,26,27);;. The average molecular weight is 396 g/mol. The average Bonchev–Trinajstić information content (AvgIpc) is 2.69. The van der Waals surface area contributed by atoms with Crippen LogP contribution in [0.5, 0.6) is 0 Å². The van der Waals surface area contributed by atoms with Gasteiger partial charge in [0.25, 0.3) is 0 Å². The van der Waals surface area contributed by atoms with Gasteiger partial charge in [-0.25, -0.2) is 0 Å². The third-order valence-corrected chi connectivity index (χ3v) is 5.26. The maximum atomic E-state index is 11.5. The fourth-order valence-corrected chi connectivity index (χ4v) is 3.55. The van der Waals surface area contributed by atoms with E-state index in [2.05, 4.69) is 24.9 Å². The molecule has 3 heteroatoms. The monoisotopic (exact) mass is 395 g/mol. The molecule has 0 aliphatic carbocycles. The van der Waals surface area contributed by atoms with Crippen molar-refractivity contribution < 1.29 is 4.79 Å². The number of aryl methyl sites for hydroxylation is 1. The van der Waals surface area contributed by atoms with E-state index in [9.17, 15) is 4.79 Å². The van der Waals surface area contributed by atoms with Crippen LogP contribution < -0.4 is 5.32 Å². The molecule has 0 aromatic heterocycles. The number of carbonyl (C=O) groups is 1. The molecule has 0 aliphatic heterocycles. The molecule has 0 spiro atoms. The molecular formula is C25H42NNaO. The molecule has 2 nitrogen and oxygen atoms in total. The molecular weight excluding hydrogens is 353 g/mol. The first-order chi connectivity index (χ1) is 13.3. The number of hydrogen-bond acceptors (Lipinski definition) is 1. The zero-order valence-electron chi connectivity index (χ0n) is 17.6. The van der Waals surface area contributed by atoms with Crippen LogP contribution in [-0.2, 0) is 11.2 Å². The molecule has 0 bridgehead atoms. The molecule has 1 N–H and O–H groups in total. The summed E-state index contributed by atoms with van der Waals surface area (Å²) in [5.41, 5.74) is 2.16. The Labute approximate surface area is 196 Å². The van der Waals surface area contributed by atoms with Gasteiger partial charge < -0.3 is 5.32 Å². The molecule has 0 fully saturated rings. The molecule has 0 radical (unpaired) electrons. The number of unbranched alkanes of at least 4 members (excludes halogenated alkanes) is 13. The molecule has 0 heterocycles. The first kappa shape index (κ1) is 27.4. The fourth-order valence-electron chi connectivity index (χ4n) is 3.55. The van der Waals surface area contributed by atoms with Crippen molar-refractivity contribution >= 4 is 41.2 Å². The summed E-state index contributed by atoms with van der Waals surface area (Å²) in [6.07, 6.45) is 21.7. The third-order valence-electron chi connectivity index (χ3n) is 5.26. The van der Waals surface area contributed by atoms with E-state index in [0.29, 0.717) is 0 Å². The minimum absolute atomic E-state index is 0. The van der Waals surface area contributed by atoms with Crippen LogP contribution in [0.2, 0.25) is 0 Å². The Morgan fingerprint density at radius 1 is 0.821 bits per heavy atom. The number of anilines is 1. The van der Waals surface area contributed by atoms with Crippen molar-refractivity contribution in [1.29, 1.82) is 0 Å². The SMILES string of the molecule is C=CC(=O)Nc1ccccc1CCCCCCCCCCCCCCCC.[NaH]. The van der Waals surface area contributed by atoms with Gasteiger partial charge in [0.2, 0.25) is 5.91 Å². The summed E-state index contributed by atoms with van der Waals surface area (Å²) in [6, 6.07) is 8.09. The molecule has 1 aromatic rings. The van der Waals surface area contributed by atoms with Gasteiger partial charge in [0.05, 0.1) is 0 Å². The topological polar surface area (TPSA) is 29.1 Å². The number of nitrogens with one attached hydrogen (secondary N) is 1. The van der Waals surface area contributed by atoms with E-state index in [0.717, 1.165) is 12.1 Å². The van der Waals surface area contributed by atoms with Crippen molar-refractivity contribution in [2.24, 2.45) is 0 Å². The first-order valence-electron chi connectivity index (χ1n) is 11.3. The van der Waals surface area contributed by atoms with Crippen LogP contribution in [0.15, 0.2) is 36.9 Å². The summed E-state index contributed by atoms with van der Waals surface area (Å²) in [5.74, 6) is -0.136. The van der Waals surface area contributed by atoms with E-state index in [1.54, 1.807) is 0 Å². The number of hydrogen-bond donors (Lipinski definition) is 1. The Morgan fingerprint density at radius 3 is 1.79 bits per heavy atom. The van der Waals surface area contributed by atoms with Crippen molar-refractivity contribution in [2.45, 2.75) is 103 Å². The Kier molecular flexibility index (Phi) is 19.3. The molecule has 0 saturated heterocycles. The Bertz CT molecular complexity index is 515. The van der Waals surface area contributed by atoms with Gasteiger partial charge in [-0.15, -0.1) is 0 Å².